The average molecular weight is 307 g/mol. The van der Waals surface area contributed by atoms with Gasteiger partial charge in [-0.15, -0.1) is 0 Å². The number of anilines is 1. The quantitative estimate of drug-likeness (QED) is 0.622. The van der Waals surface area contributed by atoms with E-state index in [0.717, 1.165) is 0 Å². The highest BCUT2D eigenvalue weighted by molar-refractivity contribution is 6.06. The molecule has 0 saturated heterocycles. The van der Waals surface area contributed by atoms with Crippen molar-refractivity contribution in [2.24, 2.45) is 7.05 Å². The maximum absolute atomic E-state index is 12.7. The monoisotopic (exact) mass is 307 g/mol. The molecule has 0 aromatic carbocycles. The fourth-order valence-electron chi connectivity index (χ4n) is 2.49. The molecule has 0 unspecified atom stereocenters. The Balaban J connectivity index is 1.72. The lowest BCUT2D eigenvalue weighted by atomic mass is 10.3. The lowest BCUT2D eigenvalue weighted by Gasteiger charge is -2.09. The van der Waals surface area contributed by atoms with E-state index in [2.05, 4.69) is 20.5 Å². The van der Waals surface area contributed by atoms with Crippen LogP contribution in [-0.4, -0.2) is 34.9 Å². The van der Waals surface area contributed by atoms with Gasteiger partial charge in [-0.3, -0.25) is 9.48 Å². The van der Waals surface area contributed by atoms with E-state index in [1.54, 1.807) is 47.0 Å². The van der Waals surface area contributed by atoms with Gasteiger partial charge < -0.3 is 9.88 Å². The van der Waals surface area contributed by atoms with Crippen molar-refractivity contribution in [3.05, 3.63) is 60.8 Å². The lowest BCUT2D eigenvalue weighted by molar-refractivity contribution is 0.102. The van der Waals surface area contributed by atoms with Gasteiger partial charge in [0.1, 0.15) is 17.2 Å². The van der Waals surface area contributed by atoms with Crippen LogP contribution in [0.3, 0.4) is 0 Å². The van der Waals surface area contributed by atoms with Gasteiger partial charge in [-0.25, -0.2) is 4.98 Å². The number of carbonyl (C=O) groups is 1. The van der Waals surface area contributed by atoms with Gasteiger partial charge in [0.15, 0.2) is 5.65 Å². The third-order valence-corrected chi connectivity index (χ3v) is 3.53. The number of nitrogens with zero attached hydrogens (tertiary/aromatic N) is 6. The number of hydrogen-bond acceptors (Lipinski definition) is 4. The van der Waals surface area contributed by atoms with Crippen LogP contribution in [0.15, 0.2) is 55.2 Å². The molecule has 0 radical (unpaired) electrons. The molecular formula is C15H13N7O. The Morgan fingerprint density at radius 3 is 2.78 bits per heavy atom. The fraction of sp³-hybridized carbons (Fsp3) is 0.0667. The van der Waals surface area contributed by atoms with E-state index in [0.29, 0.717) is 22.8 Å². The molecule has 0 spiro atoms. The van der Waals surface area contributed by atoms with Gasteiger partial charge in [-0.2, -0.15) is 14.7 Å². The van der Waals surface area contributed by atoms with Crippen LogP contribution in [0, 0.1) is 0 Å². The summed E-state index contributed by atoms with van der Waals surface area (Å²) in [5.41, 5.74) is 1.14. The number of rotatable bonds is 3. The summed E-state index contributed by atoms with van der Waals surface area (Å²) < 4.78 is 5.08. The summed E-state index contributed by atoms with van der Waals surface area (Å²) in [5, 5.41) is 11.2. The molecule has 0 aliphatic heterocycles. The zero-order chi connectivity index (χ0) is 15.8. The van der Waals surface area contributed by atoms with Crippen molar-refractivity contribution in [2.75, 3.05) is 5.32 Å². The van der Waals surface area contributed by atoms with E-state index in [1.807, 2.05) is 29.1 Å². The van der Waals surface area contributed by atoms with Crippen LogP contribution in [0.4, 0.5) is 5.82 Å². The van der Waals surface area contributed by atoms with Crippen LogP contribution < -0.4 is 5.32 Å². The highest BCUT2D eigenvalue weighted by Gasteiger charge is 2.18. The Hall–Kier alpha value is -3.42. The van der Waals surface area contributed by atoms with Crippen LogP contribution in [0.5, 0.6) is 0 Å². The van der Waals surface area contributed by atoms with Gasteiger partial charge in [0.25, 0.3) is 5.91 Å². The summed E-state index contributed by atoms with van der Waals surface area (Å²) in [6.07, 6.45) is 8.54. The smallest absolute Gasteiger partial charge is 0.262 e. The van der Waals surface area contributed by atoms with Crippen molar-refractivity contribution in [3.63, 3.8) is 0 Å². The molecule has 4 aromatic heterocycles. The number of amides is 1. The Bertz CT molecular complexity index is 981. The molecule has 4 aromatic rings. The van der Waals surface area contributed by atoms with Crippen LogP contribution in [0.1, 0.15) is 10.4 Å². The third-order valence-electron chi connectivity index (χ3n) is 3.53. The largest absolute Gasteiger partial charge is 0.308 e. The van der Waals surface area contributed by atoms with Gasteiger partial charge in [-0.1, -0.05) is 0 Å². The van der Waals surface area contributed by atoms with E-state index < -0.39 is 0 Å². The second-order valence-electron chi connectivity index (χ2n) is 4.98. The molecule has 0 aliphatic carbocycles. The molecule has 1 amide bonds. The molecule has 4 rings (SSSR count). The van der Waals surface area contributed by atoms with Gasteiger partial charge >= 0.3 is 0 Å². The zero-order valence-electron chi connectivity index (χ0n) is 12.3. The van der Waals surface area contributed by atoms with Crippen LogP contribution in [0.25, 0.3) is 11.5 Å². The summed E-state index contributed by atoms with van der Waals surface area (Å²) in [4.78, 5) is 16.8. The minimum absolute atomic E-state index is 0.259. The van der Waals surface area contributed by atoms with Crippen LogP contribution in [0.2, 0.25) is 0 Å². The van der Waals surface area contributed by atoms with E-state index in [9.17, 15) is 4.79 Å². The zero-order valence-corrected chi connectivity index (χ0v) is 12.3. The molecule has 8 heteroatoms. The maximum atomic E-state index is 12.7. The van der Waals surface area contributed by atoms with Crippen molar-refractivity contribution >= 4 is 17.4 Å². The second-order valence-corrected chi connectivity index (χ2v) is 4.98. The second kappa shape index (κ2) is 5.09. The lowest BCUT2D eigenvalue weighted by Crippen LogP contribution is -2.17. The first-order valence-corrected chi connectivity index (χ1v) is 6.99. The summed E-state index contributed by atoms with van der Waals surface area (Å²) >= 11 is 0. The van der Waals surface area contributed by atoms with Crippen molar-refractivity contribution < 1.29 is 4.79 Å². The predicted octanol–water partition coefficient (Wildman–Crippen LogP) is 1.51. The maximum Gasteiger partial charge on any atom is 0.262 e. The Labute approximate surface area is 131 Å². The Morgan fingerprint density at radius 1 is 1.13 bits per heavy atom. The highest BCUT2D eigenvalue weighted by atomic mass is 16.1. The molecule has 114 valence electrons. The third kappa shape index (κ3) is 2.16. The summed E-state index contributed by atoms with van der Waals surface area (Å²) in [7, 11) is 1.80. The molecule has 8 nitrogen and oxygen atoms in total. The van der Waals surface area contributed by atoms with Gasteiger partial charge in [-0.05, 0) is 18.2 Å². The van der Waals surface area contributed by atoms with E-state index in [4.69, 9.17) is 0 Å². The van der Waals surface area contributed by atoms with E-state index >= 15 is 0 Å². The number of aromatic nitrogens is 6. The first kappa shape index (κ1) is 13.3. The number of aryl methyl sites for hydroxylation is 1. The number of hydrogen-bond donors (Lipinski definition) is 1. The van der Waals surface area contributed by atoms with Gasteiger partial charge in [0, 0.05) is 31.7 Å². The summed E-state index contributed by atoms with van der Waals surface area (Å²) in [5.74, 6) is 0.982. The van der Waals surface area contributed by atoms with Gasteiger partial charge in [0.2, 0.25) is 0 Å². The van der Waals surface area contributed by atoms with Crippen molar-refractivity contribution in [3.8, 4) is 5.82 Å². The standard InChI is InChI=1S/C15H13N7O/c1-20-15(21-8-2-3-9-21)11(10-18-20)14(23)19-13-4-6-16-12-5-7-17-22(12)13/h2-10H,1H3,(H,19,23). The molecule has 4 heterocycles. The van der Waals surface area contributed by atoms with Crippen LogP contribution >= 0.6 is 0 Å². The normalized spacial score (nSPS) is 11.0. The molecule has 23 heavy (non-hydrogen) atoms. The van der Waals surface area contributed by atoms with Gasteiger partial charge in [0.05, 0.1) is 12.4 Å². The fourth-order valence-corrected chi connectivity index (χ4v) is 2.49. The van der Waals surface area contributed by atoms with Crippen molar-refractivity contribution in [1.29, 1.82) is 0 Å². The molecular weight excluding hydrogens is 294 g/mol. The number of carbonyl (C=O) groups excluding carboxylic acids is 1. The van der Waals surface area contributed by atoms with E-state index in [-0.39, 0.29) is 5.91 Å². The van der Waals surface area contributed by atoms with E-state index in [1.165, 1.54) is 0 Å². The van der Waals surface area contributed by atoms with Crippen molar-refractivity contribution in [1.82, 2.24) is 28.9 Å². The molecule has 0 saturated carbocycles. The predicted molar refractivity (Wildman–Crippen MR) is 83.5 cm³/mol. The molecule has 1 N–H and O–H groups in total. The molecule has 0 bridgehead atoms. The minimum Gasteiger partial charge on any atom is -0.308 e. The SMILES string of the molecule is Cn1ncc(C(=O)Nc2ccnc3ccnn23)c1-n1cccc1. The molecule has 0 fully saturated rings. The first-order chi connectivity index (χ1) is 11.2. The molecule has 0 atom stereocenters. The van der Waals surface area contributed by atoms with Crippen LogP contribution in [-0.2, 0) is 7.05 Å². The highest BCUT2D eigenvalue weighted by Crippen LogP contribution is 2.16. The Morgan fingerprint density at radius 2 is 1.96 bits per heavy atom. The summed E-state index contributed by atoms with van der Waals surface area (Å²) in [6.45, 7) is 0. The minimum atomic E-state index is -0.259. The summed E-state index contributed by atoms with van der Waals surface area (Å²) in [6, 6.07) is 7.25. The van der Waals surface area contributed by atoms with Crippen molar-refractivity contribution in [2.45, 2.75) is 0 Å². The Kier molecular flexibility index (Phi) is 2.94. The topological polar surface area (TPSA) is 82.0 Å². The molecule has 0 aliphatic rings. The average Bonchev–Trinajstić information content (AvgIpc) is 3.27. The number of nitrogens with one attached hydrogen (secondary N) is 1. The first-order valence-electron chi connectivity index (χ1n) is 6.99. The number of fused-ring (bicyclic) bond motifs is 1.